The molecule has 3 rings (SSSR count). The van der Waals surface area contributed by atoms with Gasteiger partial charge in [0.2, 0.25) is 5.88 Å². The quantitative estimate of drug-likeness (QED) is 0.285. The van der Waals surface area contributed by atoms with Crippen LogP contribution in [0, 0.1) is 6.92 Å². The minimum Gasteiger partial charge on any atom is -0.473 e. The van der Waals surface area contributed by atoms with Crippen molar-refractivity contribution in [3.05, 3.63) is 95.2 Å². The van der Waals surface area contributed by atoms with Crippen LogP contribution in [0.5, 0.6) is 5.88 Å². The van der Waals surface area contributed by atoms with E-state index in [1.54, 1.807) is 13.2 Å². The van der Waals surface area contributed by atoms with Gasteiger partial charge in [0.25, 0.3) is 0 Å². The van der Waals surface area contributed by atoms with Crippen molar-refractivity contribution >= 4 is 29.9 Å². The number of benzene rings is 2. The summed E-state index contributed by atoms with van der Waals surface area (Å²) < 4.78 is 5.92. The molecular weight excluding hydrogens is 475 g/mol. The number of hydrogen-bond acceptors (Lipinski definition) is 3. The third kappa shape index (κ3) is 7.38. The van der Waals surface area contributed by atoms with Crippen molar-refractivity contribution in [3.63, 3.8) is 0 Å². The van der Waals surface area contributed by atoms with Crippen molar-refractivity contribution < 1.29 is 4.74 Å². The summed E-state index contributed by atoms with van der Waals surface area (Å²) in [4.78, 5) is 8.68. The van der Waals surface area contributed by atoms with Gasteiger partial charge in [-0.05, 0) is 24.1 Å². The number of hydrogen-bond donors (Lipinski definition) is 2. The van der Waals surface area contributed by atoms with E-state index in [-0.39, 0.29) is 24.0 Å². The van der Waals surface area contributed by atoms with Crippen molar-refractivity contribution in [2.24, 2.45) is 4.99 Å². The standard InChI is InChI=1S/C23H26N4O.HI/c1-18-8-6-11-20(14-18)15-26-23(24-2)27-16-21-12-7-13-25-22(21)28-17-19-9-4-3-5-10-19;/h3-14H,15-17H2,1-2H3,(H2,24,26,27);1H. The van der Waals surface area contributed by atoms with E-state index in [9.17, 15) is 0 Å². The van der Waals surface area contributed by atoms with Crippen LogP contribution < -0.4 is 15.4 Å². The number of aryl methyl sites for hydroxylation is 1. The van der Waals surface area contributed by atoms with E-state index in [0.717, 1.165) is 17.1 Å². The molecule has 0 saturated carbocycles. The Labute approximate surface area is 189 Å². The maximum atomic E-state index is 5.92. The molecule has 0 aliphatic heterocycles. The van der Waals surface area contributed by atoms with E-state index < -0.39 is 0 Å². The van der Waals surface area contributed by atoms with Crippen molar-refractivity contribution in [1.82, 2.24) is 15.6 Å². The van der Waals surface area contributed by atoms with Gasteiger partial charge in [0.15, 0.2) is 5.96 Å². The second kappa shape index (κ2) is 12.1. The van der Waals surface area contributed by atoms with Gasteiger partial charge in [-0.15, -0.1) is 24.0 Å². The Morgan fingerprint density at radius 2 is 1.69 bits per heavy atom. The van der Waals surface area contributed by atoms with Gasteiger partial charge >= 0.3 is 0 Å². The van der Waals surface area contributed by atoms with Gasteiger partial charge in [-0.25, -0.2) is 4.98 Å². The lowest BCUT2D eigenvalue weighted by atomic mass is 10.1. The molecule has 0 spiro atoms. The number of rotatable bonds is 7. The predicted octanol–water partition coefficient (Wildman–Crippen LogP) is 4.45. The molecule has 152 valence electrons. The first-order valence-corrected chi connectivity index (χ1v) is 9.35. The fourth-order valence-corrected chi connectivity index (χ4v) is 2.82. The maximum absolute atomic E-state index is 5.92. The molecule has 0 aliphatic carbocycles. The molecule has 29 heavy (non-hydrogen) atoms. The highest BCUT2D eigenvalue weighted by Crippen LogP contribution is 2.16. The Balaban J connectivity index is 0.00000300. The van der Waals surface area contributed by atoms with Crippen LogP contribution in [0.4, 0.5) is 0 Å². The van der Waals surface area contributed by atoms with Gasteiger partial charge in [0, 0.05) is 31.9 Å². The van der Waals surface area contributed by atoms with Gasteiger partial charge in [0.05, 0.1) is 0 Å². The Bertz CT molecular complexity index is 916. The lowest BCUT2D eigenvalue weighted by Gasteiger charge is -2.14. The first-order chi connectivity index (χ1) is 13.7. The van der Waals surface area contributed by atoms with E-state index in [0.29, 0.717) is 25.6 Å². The fourth-order valence-electron chi connectivity index (χ4n) is 2.82. The molecule has 0 saturated heterocycles. The molecule has 0 fully saturated rings. The van der Waals surface area contributed by atoms with Crippen LogP contribution >= 0.6 is 24.0 Å². The van der Waals surface area contributed by atoms with Crippen molar-refractivity contribution in [3.8, 4) is 5.88 Å². The lowest BCUT2D eigenvalue weighted by Crippen LogP contribution is -2.36. The highest BCUT2D eigenvalue weighted by atomic mass is 127. The normalized spacial score (nSPS) is 10.8. The second-order valence-corrected chi connectivity index (χ2v) is 6.51. The number of halogens is 1. The fraction of sp³-hybridized carbons (Fsp3) is 0.217. The number of aromatic nitrogens is 1. The number of aliphatic imine (C=N–C) groups is 1. The molecule has 6 heteroatoms. The van der Waals surface area contributed by atoms with Crippen LogP contribution in [0.2, 0.25) is 0 Å². The monoisotopic (exact) mass is 502 g/mol. The first kappa shape index (κ1) is 22.7. The molecule has 1 aromatic heterocycles. The van der Waals surface area contributed by atoms with Crippen LogP contribution in [0.3, 0.4) is 0 Å². The SMILES string of the molecule is CN=C(NCc1cccc(C)c1)NCc1cccnc1OCc1ccccc1.I. The smallest absolute Gasteiger partial charge is 0.218 e. The molecule has 0 amide bonds. The lowest BCUT2D eigenvalue weighted by molar-refractivity contribution is 0.290. The van der Waals surface area contributed by atoms with E-state index in [2.05, 4.69) is 51.8 Å². The Morgan fingerprint density at radius 3 is 2.45 bits per heavy atom. The van der Waals surface area contributed by atoms with Crippen LogP contribution in [-0.2, 0) is 19.7 Å². The van der Waals surface area contributed by atoms with E-state index >= 15 is 0 Å². The summed E-state index contributed by atoms with van der Waals surface area (Å²) in [6, 6.07) is 22.4. The van der Waals surface area contributed by atoms with E-state index in [1.165, 1.54) is 11.1 Å². The third-order valence-corrected chi connectivity index (χ3v) is 4.28. The molecular formula is C23H27IN4O. The topological polar surface area (TPSA) is 58.5 Å². The highest BCUT2D eigenvalue weighted by molar-refractivity contribution is 14.0. The first-order valence-electron chi connectivity index (χ1n) is 9.35. The molecule has 0 unspecified atom stereocenters. The third-order valence-electron chi connectivity index (χ3n) is 4.28. The summed E-state index contributed by atoms with van der Waals surface area (Å²) in [5.74, 6) is 1.37. The molecule has 2 aromatic carbocycles. The number of nitrogens with zero attached hydrogens (tertiary/aromatic N) is 2. The van der Waals surface area contributed by atoms with Crippen LogP contribution in [0.1, 0.15) is 22.3 Å². The molecule has 0 aliphatic rings. The average Bonchev–Trinajstić information content (AvgIpc) is 2.74. The summed E-state index contributed by atoms with van der Waals surface area (Å²) in [5, 5.41) is 6.67. The molecule has 3 aromatic rings. The number of ether oxygens (including phenoxy) is 1. The van der Waals surface area contributed by atoms with Crippen LogP contribution in [-0.4, -0.2) is 18.0 Å². The van der Waals surface area contributed by atoms with E-state index in [4.69, 9.17) is 4.74 Å². The van der Waals surface area contributed by atoms with Gasteiger partial charge in [-0.2, -0.15) is 0 Å². The number of pyridine rings is 1. The number of nitrogens with one attached hydrogen (secondary N) is 2. The maximum Gasteiger partial charge on any atom is 0.218 e. The van der Waals surface area contributed by atoms with Gasteiger partial charge in [-0.1, -0.05) is 66.2 Å². The summed E-state index contributed by atoms with van der Waals surface area (Å²) in [6.45, 7) is 3.87. The highest BCUT2D eigenvalue weighted by Gasteiger charge is 2.07. The molecule has 0 bridgehead atoms. The molecule has 0 atom stereocenters. The second-order valence-electron chi connectivity index (χ2n) is 6.51. The van der Waals surface area contributed by atoms with Crippen LogP contribution in [0.25, 0.3) is 0 Å². The van der Waals surface area contributed by atoms with Gasteiger partial charge < -0.3 is 15.4 Å². The average molecular weight is 502 g/mol. The van der Waals surface area contributed by atoms with Crippen molar-refractivity contribution in [2.75, 3.05) is 7.05 Å². The minimum absolute atomic E-state index is 0. The Morgan fingerprint density at radius 1 is 0.931 bits per heavy atom. The largest absolute Gasteiger partial charge is 0.473 e. The zero-order chi connectivity index (χ0) is 19.6. The number of guanidine groups is 1. The van der Waals surface area contributed by atoms with Gasteiger partial charge in [-0.3, -0.25) is 4.99 Å². The minimum atomic E-state index is 0. The molecule has 2 N–H and O–H groups in total. The summed E-state index contributed by atoms with van der Waals surface area (Å²) in [6.07, 6.45) is 1.74. The molecule has 0 radical (unpaired) electrons. The zero-order valence-corrected chi connectivity index (χ0v) is 19.1. The van der Waals surface area contributed by atoms with Crippen molar-refractivity contribution in [2.45, 2.75) is 26.6 Å². The summed E-state index contributed by atoms with van der Waals surface area (Å²) in [5.41, 5.74) is 4.56. The summed E-state index contributed by atoms with van der Waals surface area (Å²) >= 11 is 0. The molecule has 1 heterocycles. The van der Waals surface area contributed by atoms with Crippen LogP contribution in [0.15, 0.2) is 77.9 Å². The Kier molecular flexibility index (Phi) is 9.43. The zero-order valence-electron chi connectivity index (χ0n) is 16.8. The van der Waals surface area contributed by atoms with Gasteiger partial charge in [0.1, 0.15) is 6.61 Å². The Hall–Kier alpha value is -2.61. The molecule has 5 nitrogen and oxygen atoms in total. The summed E-state index contributed by atoms with van der Waals surface area (Å²) in [7, 11) is 1.77. The predicted molar refractivity (Wildman–Crippen MR) is 129 cm³/mol. The van der Waals surface area contributed by atoms with Crippen molar-refractivity contribution in [1.29, 1.82) is 0 Å². The van der Waals surface area contributed by atoms with E-state index in [1.807, 2.05) is 42.5 Å².